The minimum absolute atomic E-state index is 0.125. The van der Waals surface area contributed by atoms with E-state index < -0.39 is 30.1 Å². The molecule has 27 heavy (non-hydrogen) atoms. The maximum atomic E-state index is 13.3. The summed E-state index contributed by atoms with van der Waals surface area (Å²) >= 11 is 0.125. The molecule has 0 saturated carbocycles. The van der Waals surface area contributed by atoms with Gasteiger partial charge < -0.3 is 9.64 Å². The normalized spacial score (nSPS) is 10.7. The number of hydrogen-bond donors (Lipinski definition) is 0. The Hall–Kier alpha value is -2.55. The smallest absolute Gasteiger partial charge is 0.341 e. The van der Waals surface area contributed by atoms with Crippen molar-refractivity contribution < 1.29 is 27.5 Å². The summed E-state index contributed by atoms with van der Waals surface area (Å²) in [5, 5.41) is -0.169. The lowest BCUT2D eigenvalue weighted by molar-refractivity contribution is -0.135. The summed E-state index contributed by atoms with van der Waals surface area (Å²) in [5.74, 6) is -4.55. The summed E-state index contributed by atoms with van der Waals surface area (Å²) in [5.41, 5.74) is 0.461. The molecule has 0 N–H and O–H groups in total. The van der Waals surface area contributed by atoms with Crippen LogP contribution in [0.25, 0.3) is 0 Å². The van der Waals surface area contributed by atoms with Gasteiger partial charge in [-0.25, -0.2) is 14.2 Å². The molecule has 0 aliphatic carbocycles. The van der Waals surface area contributed by atoms with Crippen molar-refractivity contribution in [2.24, 2.45) is 0 Å². The second kappa shape index (κ2) is 9.96. The predicted octanol–water partition coefficient (Wildman–Crippen LogP) is 3.74. The van der Waals surface area contributed by atoms with Crippen LogP contribution < -0.4 is 0 Å². The number of carbonyl (C=O) groups is 2. The van der Waals surface area contributed by atoms with Gasteiger partial charge in [-0.3, -0.25) is 4.79 Å². The topological polar surface area (TPSA) is 59.5 Å². The Bertz CT molecular complexity index is 805. The van der Waals surface area contributed by atoms with Crippen molar-refractivity contribution in [3.05, 3.63) is 59.5 Å². The average Bonchev–Trinajstić information content (AvgIpc) is 2.64. The number of amides is 1. The lowest BCUT2D eigenvalue weighted by Crippen LogP contribution is -2.34. The molecule has 0 fully saturated rings. The van der Waals surface area contributed by atoms with E-state index in [1.807, 2.05) is 0 Å². The van der Waals surface area contributed by atoms with Crippen LogP contribution >= 0.6 is 11.8 Å². The molecule has 2 aromatic rings. The SMILES string of the molecule is CCN(Cc1cccc(F)c1)C(=O)COC(=O)c1cccnc1SC(F)F. The van der Waals surface area contributed by atoms with Crippen LogP contribution in [0.15, 0.2) is 47.6 Å². The fraction of sp³-hybridized carbons (Fsp3) is 0.278. The van der Waals surface area contributed by atoms with Gasteiger partial charge in [0, 0.05) is 19.3 Å². The zero-order chi connectivity index (χ0) is 19.8. The zero-order valence-electron chi connectivity index (χ0n) is 14.4. The second-order valence-electron chi connectivity index (χ2n) is 5.35. The Morgan fingerprint density at radius 3 is 2.70 bits per heavy atom. The van der Waals surface area contributed by atoms with Crippen molar-refractivity contribution >= 4 is 23.6 Å². The molecule has 0 aliphatic heterocycles. The van der Waals surface area contributed by atoms with Gasteiger partial charge in [0.05, 0.1) is 5.56 Å². The molecule has 1 heterocycles. The summed E-state index contributed by atoms with van der Waals surface area (Å²) in [6.07, 6.45) is 1.28. The molecule has 0 aliphatic rings. The van der Waals surface area contributed by atoms with Gasteiger partial charge in [0.25, 0.3) is 11.7 Å². The molecule has 0 saturated heterocycles. The molecular weight excluding hydrogens is 381 g/mol. The lowest BCUT2D eigenvalue weighted by Gasteiger charge is -2.21. The Morgan fingerprint density at radius 2 is 2.04 bits per heavy atom. The number of likely N-dealkylation sites (N-methyl/N-ethyl adjacent to an activating group) is 1. The van der Waals surface area contributed by atoms with E-state index in [2.05, 4.69) is 4.98 Å². The van der Waals surface area contributed by atoms with Crippen LogP contribution in [0.1, 0.15) is 22.8 Å². The summed E-state index contributed by atoms with van der Waals surface area (Å²) in [7, 11) is 0. The Morgan fingerprint density at radius 1 is 1.26 bits per heavy atom. The molecule has 0 radical (unpaired) electrons. The van der Waals surface area contributed by atoms with Crippen molar-refractivity contribution in [3.8, 4) is 0 Å². The Kier molecular flexibility index (Phi) is 7.66. The number of alkyl halides is 2. The van der Waals surface area contributed by atoms with Crippen LogP contribution in [0.5, 0.6) is 0 Å². The van der Waals surface area contributed by atoms with Gasteiger partial charge in [-0.2, -0.15) is 8.78 Å². The van der Waals surface area contributed by atoms with E-state index in [9.17, 15) is 22.8 Å². The van der Waals surface area contributed by atoms with Crippen LogP contribution in [0.4, 0.5) is 13.2 Å². The first-order valence-electron chi connectivity index (χ1n) is 8.00. The number of aromatic nitrogens is 1. The van der Waals surface area contributed by atoms with E-state index in [0.29, 0.717) is 12.1 Å². The van der Waals surface area contributed by atoms with E-state index in [1.165, 1.54) is 41.4 Å². The molecule has 5 nitrogen and oxygen atoms in total. The monoisotopic (exact) mass is 398 g/mol. The molecule has 144 valence electrons. The Balaban J connectivity index is 1.98. The van der Waals surface area contributed by atoms with Crippen molar-refractivity contribution in [2.75, 3.05) is 13.2 Å². The fourth-order valence-corrected chi connectivity index (χ4v) is 2.82. The molecule has 0 spiro atoms. The van der Waals surface area contributed by atoms with Crippen LogP contribution in [0.3, 0.4) is 0 Å². The highest BCUT2D eigenvalue weighted by Crippen LogP contribution is 2.26. The number of nitrogens with zero attached hydrogens (tertiary/aromatic N) is 2. The quantitative estimate of drug-likeness (QED) is 0.501. The minimum Gasteiger partial charge on any atom is -0.452 e. The number of rotatable bonds is 8. The van der Waals surface area contributed by atoms with Gasteiger partial charge in [-0.15, -0.1) is 0 Å². The van der Waals surface area contributed by atoms with Crippen molar-refractivity contribution in [2.45, 2.75) is 24.3 Å². The first kappa shape index (κ1) is 20.8. The highest BCUT2D eigenvalue weighted by Gasteiger charge is 2.20. The van der Waals surface area contributed by atoms with Crippen LogP contribution in [-0.4, -0.2) is 40.7 Å². The van der Waals surface area contributed by atoms with Gasteiger partial charge in [0.15, 0.2) is 6.61 Å². The number of benzene rings is 1. The van der Waals surface area contributed by atoms with E-state index in [-0.39, 0.29) is 28.9 Å². The summed E-state index contributed by atoms with van der Waals surface area (Å²) < 4.78 is 43.3. The third kappa shape index (κ3) is 6.28. The molecule has 0 bridgehead atoms. The standard InChI is InChI=1S/C18H17F3N2O3S/c1-2-23(10-12-5-3-6-13(19)9-12)15(24)11-26-17(25)14-7-4-8-22-16(14)27-18(20)21/h3-9,18H,2,10-11H2,1H3. The number of pyridine rings is 1. The van der Waals surface area contributed by atoms with Gasteiger partial charge in [0.2, 0.25) is 0 Å². The highest BCUT2D eigenvalue weighted by atomic mass is 32.2. The summed E-state index contributed by atoms with van der Waals surface area (Å²) in [6, 6.07) is 8.53. The first-order valence-corrected chi connectivity index (χ1v) is 8.87. The van der Waals surface area contributed by atoms with Gasteiger partial charge >= 0.3 is 5.97 Å². The molecule has 9 heteroatoms. The molecule has 1 aromatic carbocycles. The molecular formula is C18H17F3N2O3S. The maximum Gasteiger partial charge on any atom is 0.341 e. The van der Waals surface area contributed by atoms with Gasteiger partial charge in [0.1, 0.15) is 10.8 Å². The van der Waals surface area contributed by atoms with Gasteiger partial charge in [-0.1, -0.05) is 12.1 Å². The summed E-state index contributed by atoms with van der Waals surface area (Å²) in [4.78, 5) is 29.5. The van der Waals surface area contributed by atoms with Crippen molar-refractivity contribution in [3.63, 3.8) is 0 Å². The predicted molar refractivity (Wildman–Crippen MR) is 93.9 cm³/mol. The van der Waals surface area contributed by atoms with Crippen molar-refractivity contribution in [1.82, 2.24) is 9.88 Å². The van der Waals surface area contributed by atoms with Crippen LogP contribution in [-0.2, 0) is 16.1 Å². The second-order valence-corrected chi connectivity index (χ2v) is 6.33. The first-order chi connectivity index (χ1) is 12.9. The molecule has 1 aromatic heterocycles. The maximum absolute atomic E-state index is 13.3. The lowest BCUT2D eigenvalue weighted by atomic mass is 10.2. The highest BCUT2D eigenvalue weighted by molar-refractivity contribution is 7.99. The molecule has 0 atom stereocenters. The number of thioether (sulfide) groups is 1. The third-order valence-electron chi connectivity index (χ3n) is 3.52. The summed E-state index contributed by atoms with van der Waals surface area (Å²) in [6.45, 7) is 1.66. The van der Waals surface area contributed by atoms with E-state index in [4.69, 9.17) is 4.74 Å². The average molecular weight is 398 g/mol. The third-order valence-corrected chi connectivity index (χ3v) is 4.24. The number of halogens is 3. The fourth-order valence-electron chi connectivity index (χ4n) is 2.25. The Labute approximate surface area is 158 Å². The molecule has 2 rings (SSSR count). The van der Waals surface area contributed by atoms with Gasteiger partial charge in [-0.05, 0) is 48.5 Å². The number of esters is 1. The number of ether oxygens (including phenoxy) is 1. The molecule has 1 amide bonds. The molecule has 0 unspecified atom stereocenters. The zero-order valence-corrected chi connectivity index (χ0v) is 15.2. The van der Waals surface area contributed by atoms with E-state index >= 15 is 0 Å². The largest absolute Gasteiger partial charge is 0.452 e. The van der Waals surface area contributed by atoms with Crippen LogP contribution in [0.2, 0.25) is 0 Å². The number of hydrogen-bond acceptors (Lipinski definition) is 5. The minimum atomic E-state index is -2.74. The van der Waals surface area contributed by atoms with E-state index in [1.54, 1.807) is 13.0 Å². The number of carbonyl (C=O) groups excluding carboxylic acids is 2. The van der Waals surface area contributed by atoms with E-state index in [0.717, 1.165) is 0 Å². The van der Waals surface area contributed by atoms with Crippen molar-refractivity contribution in [1.29, 1.82) is 0 Å². The van der Waals surface area contributed by atoms with Crippen LogP contribution in [0, 0.1) is 5.82 Å².